The zero-order valence-electron chi connectivity index (χ0n) is 13.8. The molecule has 0 fully saturated rings. The highest BCUT2D eigenvalue weighted by atomic mass is 35.5. The van der Waals surface area contributed by atoms with Gasteiger partial charge in [-0.1, -0.05) is 59.1 Å². The minimum atomic E-state index is -0.209. The number of rotatable bonds is 3. The van der Waals surface area contributed by atoms with Gasteiger partial charge >= 0.3 is 0 Å². The fraction of sp³-hybridized carbons (Fsp3) is 0. The van der Waals surface area contributed by atoms with E-state index in [9.17, 15) is 4.79 Å². The Balaban J connectivity index is 1.81. The second-order valence-corrected chi connectivity index (χ2v) is 8.35. The molecule has 0 radical (unpaired) electrons. The number of hydrogen-bond donors (Lipinski definition) is 1. The van der Waals surface area contributed by atoms with Crippen molar-refractivity contribution in [1.82, 2.24) is 0 Å². The summed E-state index contributed by atoms with van der Waals surface area (Å²) < 4.78 is 0.929. The molecule has 0 atom stereocenters. The molecule has 0 saturated carbocycles. The lowest BCUT2D eigenvalue weighted by Gasteiger charge is -2.03. The average molecular weight is 433 g/mol. The first kappa shape index (κ1) is 18.3. The minimum absolute atomic E-state index is 0.209. The fourth-order valence-corrected chi connectivity index (χ4v) is 4.73. The Morgan fingerprint density at radius 2 is 1.59 bits per heavy atom. The Hall–Kier alpha value is -2.04. The van der Waals surface area contributed by atoms with Gasteiger partial charge in [-0.2, -0.15) is 0 Å². The van der Waals surface area contributed by atoms with Crippen molar-refractivity contribution < 1.29 is 4.79 Å². The van der Waals surface area contributed by atoms with Crippen molar-refractivity contribution in [3.05, 3.63) is 86.2 Å². The summed E-state index contributed by atoms with van der Waals surface area (Å²) in [5, 5.41) is 2.31. The van der Waals surface area contributed by atoms with E-state index in [1.807, 2.05) is 42.5 Å². The van der Waals surface area contributed by atoms with Gasteiger partial charge in [0.25, 0.3) is 0 Å². The van der Waals surface area contributed by atoms with Crippen molar-refractivity contribution in [2.75, 3.05) is 5.73 Å². The number of thiophene rings is 1. The average Bonchev–Trinajstić information content (AvgIpc) is 2.97. The van der Waals surface area contributed by atoms with Crippen LogP contribution in [0.4, 0.5) is 5.69 Å². The minimum Gasteiger partial charge on any atom is -0.397 e. The van der Waals surface area contributed by atoms with Crippen LogP contribution in [0.5, 0.6) is 0 Å². The summed E-state index contributed by atoms with van der Waals surface area (Å²) >= 11 is 19.6. The fourth-order valence-electron chi connectivity index (χ4n) is 2.93. The van der Waals surface area contributed by atoms with Gasteiger partial charge in [0.1, 0.15) is 0 Å². The highest BCUT2D eigenvalue weighted by Gasteiger charge is 2.20. The van der Waals surface area contributed by atoms with Gasteiger partial charge in [0.15, 0.2) is 0 Å². The molecule has 4 rings (SSSR count). The second kappa shape index (κ2) is 7.17. The number of ketones is 1. The highest BCUT2D eigenvalue weighted by Crippen LogP contribution is 2.38. The summed E-state index contributed by atoms with van der Waals surface area (Å²) in [5.41, 5.74) is 9.13. The predicted octanol–water partition coefficient (Wildman–Crippen LogP) is 7.34. The standard InChI is InChI=1S/C21H12Cl3NOS/c22-13-3-1-2-11(8-13)12-4-6-16-18(9-12)27-21(19(16)25)20(26)15-7-5-14(23)10-17(15)24/h1-10H,25H2. The number of carbonyl (C=O) groups excluding carboxylic acids is 1. The highest BCUT2D eigenvalue weighted by molar-refractivity contribution is 7.21. The van der Waals surface area contributed by atoms with Crippen LogP contribution in [0.25, 0.3) is 21.2 Å². The van der Waals surface area contributed by atoms with Gasteiger partial charge in [-0.3, -0.25) is 4.79 Å². The van der Waals surface area contributed by atoms with Crippen molar-refractivity contribution in [2.45, 2.75) is 0 Å². The third-order valence-corrected chi connectivity index (χ3v) is 6.22. The number of hydrogen-bond acceptors (Lipinski definition) is 3. The summed E-state index contributed by atoms with van der Waals surface area (Å²) in [5.74, 6) is -0.209. The van der Waals surface area contributed by atoms with Crippen LogP contribution in [-0.4, -0.2) is 5.78 Å². The van der Waals surface area contributed by atoms with E-state index in [2.05, 4.69) is 0 Å². The Labute approximate surface area is 175 Å². The van der Waals surface area contributed by atoms with Crippen LogP contribution in [0.3, 0.4) is 0 Å². The Morgan fingerprint density at radius 3 is 2.33 bits per heavy atom. The molecule has 4 aromatic rings. The molecule has 0 amide bonds. The van der Waals surface area contributed by atoms with Gasteiger partial charge < -0.3 is 5.73 Å². The van der Waals surface area contributed by atoms with Crippen molar-refractivity contribution in [3.8, 4) is 11.1 Å². The number of nitrogen functional groups attached to an aromatic ring is 1. The number of carbonyl (C=O) groups is 1. The van der Waals surface area contributed by atoms with Crippen molar-refractivity contribution >= 4 is 67.7 Å². The number of anilines is 1. The molecule has 1 heterocycles. The number of halogens is 3. The molecule has 0 unspecified atom stereocenters. The third-order valence-electron chi connectivity index (χ3n) is 4.27. The summed E-state index contributed by atoms with van der Waals surface area (Å²) in [4.78, 5) is 13.4. The number of fused-ring (bicyclic) bond motifs is 1. The van der Waals surface area contributed by atoms with Crippen LogP contribution >= 0.6 is 46.1 Å². The van der Waals surface area contributed by atoms with Gasteiger partial charge in [-0.15, -0.1) is 11.3 Å². The van der Waals surface area contributed by atoms with E-state index >= 15 is 0 Å². The van der Waals surface area contributed by atoms with Gasteiger partial charge in [0, 0.05) is 25.7 Å². The van der Waals surface area contributed by atoms with Crippen molar-refractivity contribution in [3.63, 3.8) is 0 Å². The smallest absolute Gasteiger partial charge is 0.206 e. The van der Waals surface area contributed by atoms with Gasteiger partial charge in [0.2, 0.25) is 5.78 Å². The van der Waals surface area contributed by atoms with Crippen LogP contribution < -0.4 is 5.73 Å². The summed E-state index contributed by atoms with van der Waals surface area (Å²) in [7, 11) is 0. The van der Waals surface area contributed by atoms with E-state index in [0.29, 0.717) is 31.2 Å². The first-order chi connectivity index (χ1) is 12.9. The predicted molar refractivity (Wildman–Crippen MR) is 117 cm³/mol. The van der Waals surface area contributed by atoms with Crippen LogP contribution in [0, 0.1) is 0 Å². The van der Waals surface area contributed by atoms with Crippen molar-refractivity contribution in [2.24, 2.45) is 0 Å². The normalized spacial score (nSPS) is 11.1. The quantitative estimate of drug-likeness (QED) is 0.344. The van der Waals surface area contributed by atoms with Crippen LogP contribution in [0.1, 0.15) is 15.2 Å². The number of nitrogens with two attached hydrogens (primary N) is 1. The molecule has 2 nitrogen and oxygen atoms in total. The maximum Gasteiger partial charge on any atom is 0.206 e. The molecule has 1 aromatic heterocycles. The van der Waals surface area contributed by atoms with Gasteiger partial charge in [-0.25, -0.2) is 0 Å². The topological polar surface area (TPSA) is 43.1 Å². The Kier molecular flexibility index (Phi) is 4.87. The molecule has 0 aliphatic heterocycles. The molecule has 27 heavy (non-hydrogen) atoms. The molecule has 0 aliphatic rings. The first-order valence-electron chi connectivity index (χ1n) is 8.02. The molecule has 3 aromatic carbocycles. The Bertz CT molecular complexity index is 1200. The van der Waals surface area contributed by atoms with E-state index in [1.54, 1.807) is 18.2 Å². The lowest BCUT2D eigenvalue weighted by atomic mass is 10.0. The Morgan fingerprint density at radius 1 is 0.852 bits per heavy atom. The molecular formula is C21H12Cl3NOS. The molecule has 0 bridgehead atoms. The molecule has 0 spiro atoms. The van der Waals surface area contributed by atoms with E-state index in [-0.39, 0.29) is 5.78 Å². The summed E-state index contributed by atoms with van der Waals surface area (Å²) in [6, 6.07) is 18.4. The van der Waals surface area contributed by atoms with Gasteiger partial charge in [-0.05, 0) is 47.5 Å². The maximum atomic E-state index is 13.0. The van der Waals surface area contributed by atoms with Crippen LogP contribution in [0.15, 0.2) is 60.7 Å². The lowest BCUT2D eigenvalue weighted by Crippen LogP contribution is -2.02. The molecule has 0 saturated heterocycles. The van der Waals surface area contributed by atoms with E-state index in [1.165, 1.54) is 11.3 Å². The molecular weight excluding hydrogens is 421 g/mol. The third kappa shape index (κ3) is 3.44. The maximum absolute atomic E-state index is 13.0. The monoisotopic (exact) mass is 431 g/mol. The first-order valence-corrected chi connectivity index (χ1v) is 9.97. The van der Waals surface area contributed by atoms with E-state index < -0.39 is 0 Å². The SMILES string of the molecule is Nc1c(C(=O)c2ccc(Cl)cc2Cl)sc2cc(-c3cccc(Cl)c3)ccc12. The van der Waals surface area contributed by atoms with Crippen LogP contribution in [0.2, 0.25) is 15.1 Å². The van der Waals surface area contributed by atoms with E-state index in [4.69, 9.17) is 40.5 Å². The van der Waals surface area contributed by atoms with Gasteiger partial charge in [0.05, 0.1) is 15.6 Å². The second-order valence-electron chi connectivity index (χ2n) is 6.02. The zero-order chi connectivity index (χ0) is 19.1. The summed E-state index contributed by atoms with van der Waals surface area (Å²) in [6.45, 7) is 0. The largest absolute Gasteiger partial charge is 0.397 e. The summed E-state index contributed by atoms with van der Waals surface area (Å²) in [6.07, 6.45) is 0. The lowest BCUT2D eigenvalue weighted by molar-refractivity contribution is 0.104. The zero-order valence-corrected chi connectivity index (χ0v) is 16.9. The molecule has 134 valence electrons. The van der Waals surface area contributed by atoms with Crippen molar-refractivity contribution in [1.29, 1.82) is 0 Å². The molecule has 2 N–H and O–H groups in total. The molecule has 6 heteroatoms. The van der Waals surface area contributed by atoms with Crippen LogP contribution in [-0.2, 0) is 0 Å². The number of benzene rings is 3. The molecule has 0 aliphatic carbocycles. The van der Waals surface area contributed by atoms with E-state index in [0.717, 1.165) is 21.2 Å².